The van der Waals surface area contributed by atoms with Crippen LogP contribution in [-0.2, 0) is 4.79 Å². The van der Waals surface area contributed by atoms with Gasteiger partial charge in [0.25, 0.3) is 0 Å². The Kier molecular flexibility index (Phi) is 3.92. The maximum Gasteiger partial charge on any atom is 0.227 e. The number of nitrogens with zero attached hydrogens (tertiary/aromatic N) is 4. The van der Waals surface area contributed by atoms with Crippen LogP contribution in [0, 0.1) is 11.8 Å². The average Bonchev–Trinajstić information content (AvgIpc) is 3.19. The van der Waals surface area contributed by atoms with Gasteiger partial charge in [0.2, 0.25) is 5.91 Å². The maximum atomic E-state index is 12.3. The molecule has 1 aliphatic rings. The minimum absolute atomic E-state index is 0.0185. The lowest BCUT2D eigenvalue weighted by molar-refractivity contribution is -0.120. The van der Waals surface area contributed by atoms with Crippen molar-refractivity contribution in [2.75, 3.05) is 11.9 Å². The number of nitrogens with two attached hydrogens (primary N) is 1. The molecule has 7 heteroatoms. The Labute approximate surface area is 122 Å². The first-order valence-electron chi connectivity index (χ1n) is 7.10. The lowest BCUT2D eigenvalue weighted by Gasteiger charge is -2.17. The van der Waals surface area contributed by atoms with Crippen molar-refractivity contribution in [2.24, 2.45) is 17.6 Å². The summed E-state index contributed by atoms with van der Waals surface area (Å²) in [7, 11) is 0. The molecule has 2 atom stereocenters. The van der Waals surface area contributed by atoms with Crippen LogP contribution in [0.2, 0.25) is 0 Å². The molecule has 0 aliphatic heterocycles. The Morgan fingerprint density at radius 3 is 3.00 bits per heavy atom. The molecule has 1 saturated carbocycles. The maximum absolute atomic E-state index is 12.3. The van der Waals surface area contributed by atoms with E-state index in [4.69, 9.17) is 5.73 Å². The molecule has 2 aromatic rings. The molecule has 21 heavy (non-hydrogen) atoms. The first-order valence-corrected chi connectivity index (χ1v) is 7.10. The van der Waals surface area contributed by atoms with Gasteiger partial charge in [0.05, 0.1) is 11.9 Å². The summed E-state index contributed by atoms with van der Waals surface area (Å²) in [4.78, 5) is 20.4. The highest BCUT2D eigenvalue weighted by molar-refractivity contribution is 5.92. The monoisotopic (exact) mass is 286 g/mol. The van der Waals surface area contributed by atoms with Crippen molar-refractivity contribution in [3.63, 3.8) is 0 Å². The fourth-order valence-electron chi connectivity index (χ4n) is 2.82. The molecule has 0 spiro atoms. The second-order valence-electron chi connectivity index (χ2n) is 5.27. The van der Waals surface area contributed by atoms with Crippen molar-refractivity contribution in [3.05, 3.63) is 31.0 Å². The Morgan fingerprint density at radius 1 is 1.43 bits per heavy atom. The van der Waals surface area contributed by atoms with E-state index >= 15 is 0 Å². The van der Waals surface area contributed by atoms with Crippen molar-refractivity contribution in [2.45, 2.75) is 19.3 Å². The van der Waals surface area contributed by atoms with E-state index in [-0.39, 0.29) is 11.8 Å². The standard InChI is InChI=1S/C14H18N6O/c15-6-10-2-1-3-12(10)14(21)19-11-4-5-13(17-7-11)20-9-16-8-18-20/h4-5,7-10,12H,1-3,6,15H2,(H,19,21). The van der Waals surface area contributed by atoms with Crippen LogP contribution in [0.3, 0.4) is 0 Å². The highest BCUT2D eigenvalue weighted by Crippen LogP contribution is 2.31. The summed E-state index contributed by atoms with van der Waals surface area (Å²) in [5.74, 6) is 1.02. The summed E-state index contributed by atoms with van der Waals surface area (Å²) >= 11 is 0. The van der Waals surface area contributed by atoms with E-state index in [9.17, 15) is 4.79 Å². The van der Waals surface area contributed by atoms with Gasteiger partial charge in [-0.05, 0) is 37.4 Å². The van der Waals surface area contributed by atoms with Crippen LogP contribution in [0.4, 0.5) is 5.69 Å². The van der Waals surface area contributed by atoms with Crippen molar-refractivity contribution in [1.82, 2.24) is 19.7 Å². The van der Waals surface area contributed by atoms with Gasteiger partial charge in [0.1, 0.15) is 12.7 Å². The molecule has 3 N–H and O–H groups in total. The van der Waals surface area contributed by atoms with Crippen LogP contribution in [0.5, 0.6) is 0 Å². The van der Waals surface area contributed by atoms with Gasteiger partial charge in [-0.1, -0.05) is 6.42 Å². The Balaban J connectivity index is 1.66. The van der Waals surface area contributed by atoms with E-state index in [1.54, 1.807) is 23.3 Å². The predicted molar refractivity (Wildman–Crippen MR) is 77.7 cm³/mol. The summed E-state index contributed by atoms with van der Waals surface area (Å²) in [5, 5.41) is 6.92. The van der Waals surface area contributed by atoms with Crippen LogP contribution in [0.1, 0.15) is 19.3 Å². The Bertz CT molecular complexity index is 594. The van der Waals surface area contributed by atoms with Gasteiger partial charge in [-0.25, -0.2) is 14.6 Å². The summed E-state index contributed by atoms with van der Waals surface area (Å²) in [6, 6.07) is 3.60. The van der Waals surface area contributed by atoms with Crippen LogP contribution in [-0.4, -0.2) is 32.2 Å². The number of hydrogen-bond donors (Lipinski definition) is 2. The van der Waals surface area contributed by atoms with Gasteiger partial charge in [-0.2, -0.15) is 5.10 Å². The molecular formula is C14H18N6O. The van der Waals surface area contributed by atoms with E-state index in [1.807, 2.05) is 6.07 Å². The minimum atomic E-state index is 0.0185. The molecule has 0 radical (unpaired) electrons. The molecular weight excluding hydrogens is 268 g/mol. The summed E-state index contributed by atoms with van der Waals surface area (Å²) < 4.78 is 1.56. The minimum Gasteiger partial charge on any atom is -0.330 e. The number of anilines is 1. The number of amides is 1. The number of rotatable bonds is 4. The quantitative estimate of drug-likeness (QED) is 0.872. The lowest BCUT2D eigenvalue weighted by atomic mass is 9.95. The molecule has 3 rings (SSSR count). The van der Waals surface area contributed by atoms with Crippen LogP contribution in [0.15, 0.2) is 31.0 Å². The normalized spacial score (nSPS) is 21.4. The van der Waals surface area contributed by atoms with Gasteiger partial charge in [0.15, 0.2) is 5.82 Å². The van der Waals surface area contributed by atoms with Gasteiger partial charge in [-0.15, -0.1) is 0 Å². The van der Waals surface area contributed by atoms with E-state index in [0.29, 0.717) is 24.0 Å². The zero-order valence-electron chi connectivity index (χ0n) is 11.6. The van der Waals surface area contributed by atoms with Crippen LogP contribution < -0.4 is 11.1 Å². The summed E-state index contributed by atoms with van der Waals surface area (Å²) in [6.07, 6.45) is 7.68. The summed E-state index contributed by atoms with van der Waals surface area (Å²) in [6.45, 7) is 0.571. The molecule has 2 aromatic heterocycles. The Hall–Kier alpha value is -2.28. The molecule has 0 saturated heterocycles. The van der Waals surface area contributed by atoms with Crippen molar-refractivity contribution >= 4 is 11.6 Å². The third-order valence-corrected chi connectivity index (χ3v) is 3.97. The van der Waals surface area contributed by atoms with E-state index in [1.165, 1.54) is 6.33 Å². The summed E-state index contributed by atoms with van der Waals surface area (Å²) in [5.41, 5.74) is 6.41. The molecule has 0 aromatic carbocycles. The number of aromatic nitrogens is 4. The fraction of sp³-hybridized carbons (Fsp3) is 0.429. The first-order chi connectivity index (χ1) is 10.3. The lowest BCUT2D eigenvalue weighted by Crippen LogP contribution is -2.29. The number of nitrogens with one attached hydrogen (secondary N) is 1. The fourth-order valence-corrected chi connectivity index (χ4v) is 2.82. The molecule has 2 heterocycles. The Morgan fingerprint density at radius 2 is 2.33 bits per heavy atom. The zero-order valence-corrected chi connectivity index (χ0v) is 11.6. The van der Waals surface area contributed by atoms with Crippen molar-refractivity contribution in [1.29, 1.82) is 0 Å². The molecule has 0 bridgehead atoms. The third-order valence-electron chi connectivity index (χ3n) is 3.97. The topological polar surface area (TPSA) is 98.7 Å². The highest BCUT2D eigenvalue weighted by Gasteiger charge is 2.31. The number of carbonyl (C=O) groups excluding carboxylic acids is 1. The largest absolute Gasteiger partial charge is 0.330 e. The van der Waals surface area contributed by atoms with Crippen LogP contribution in [0.25, 0.3) is 5.82 Å². The predicted octanol–water partition coefficient (Wildman–Crippen LogP) is 0.976. The van der Waals surface area contributed by atoms with E-state index in [0.717, 1.165) is 19.3 Å². The number of carbonyl (C=O) groups is 1. The SMILES string of the molecule is NCC1CCCC1C(=O)Nc1ccc(-n2cncn2)nc1. The highest BCUT2D eigenvalue weighted by atomic mass is 16.1. The van der Waals surface area contributed by atoms with Gasteiger partial charge < -0.3 is 11.1 Å². The molecule has 1 fully saturated rings. The zero-order chi connectivity index (χ0) is 14.7. The van der Waals surface area contributed by atoms with Gasteiger partial charge in [0, 0.05) is 5.92 Å². The second-order valence-corrected chi connectivity index (χ2v) is 5.27. The molecule has 2 unspecified atom stereocenters. The number of pyridine rings is 1. The van der Waals surface area contributed by atoms with Gasteiger partial charge in [-0.3, -0.25) is 4.79 Å². The molecule has 1 aliphatic carbocycles. The molecule has 1 amide bonds. The molecule has 7 nitrogen and oxygen atoms in total. The van der Waals surface area contributed by atoms with Crippen LogP contribution >= 0.6 is 0 Å². The van der Waals surface area contributed by atoms with Crippen molar-refractivity contribution in [3.8, 4) is 5.82 Å². The third kappa shape index (κ3) is 2.92. The second kappa shape index (κ2) is 6.01. The van der Waals surface area contributed by atoms with E-state index < -0.39 is 0 Å². The smallest absolute Gasteiger partial charge is 0.227 e. The van der Waals surface area contributed by atoms with Crippen molar-refractivity contribution < 1.29 is 4.79 Å². The van der Waals surface area contributed by atoms with E-state index in [2.05, 4.69) is 20.4 Å². The molecule has 110 valence electrons. The number of hydrogen-bond acceptors (Lipinski definition) is 5. The average molecular weight is 286 g/mol. The first kappa shape index (κ1) is 13.7. The van der Waals surface area contributed by atoms with Gasteiger partial charge >= 0.3 is 0 Å².